The van der Waals surface area contributed by atoms with Crippen molar-refractivity contribution in [3.05, 3.63) is 47.5 Å². The molecule has 0 radical (unpaired) electrons. The molecule has 0 atom stereocenters. The minimum atomic E-state index is -0.349. The van der Waals surface area contributed by atoms with Crippen molar-refractivity contribution < 1.29 is 9.13 Å². The molecule has 0 fully saturated rings. The Morgan fingerprint density at radius 2 is 2.29 bits per heavy atom. The normalized spacial score (nSPS) is 10.5. The van der Waals surface area contributed by atoms with Crippen LogP contribution >= 0.6 is 11.6 Å². The molecule has 0 aliphatic carbocycles. The van der Waals surface area contributed by atoms with E-state index in [9.17, 15) is 4.39 Å². The first kappa shape index (κ1) is 11.9. The first-order valence-electron chi connectivity index (χ1n) is 5.13. The Bertz CT molecular complexity index is 513. The molecule has 0 saturated heterocycles. The maximum absolute atomic E-state index is 13.9. The summed E-state index contributed by atoms with van der Waals surface area (Å²) in [6.07, 6.45) is 3.47. The van der Waals surface area contributed by atoms with Gasteiger partial charge < -0.3 is 4.74 Å². The highest BCUT2D eigenvalue weighted by molar-refractivity contribution is 6.17. The molecule has 0 bridgehead atoms. The molecule has 1 aromatic heterocycles. The number of methoxy groups -OCH3 is 1. The number of alkyl halides is 1. The summed E-state index contributed by atoms with van der Waals surface area (Å²) in [4.78, 5) is 0. The van der Waals surface area contributed by atoms with Crippen LogP contribution in [0.3, 0.4) is 0 Å². The lowest BCUT2D eigenvalue weighted by Gasteiger charge is -2.07. The lowest BCUT2D eigenvalue weighted by Crippen LogP contribution is -2.03. The van der Waals surface area contributed by atoms with Crippen LogP contribution in [0.15, 0.2) is 30.6 Å². The number of halogens is 2. The Hall–Kier alpha value is -1.55. The molecule has 1 heterocycles. The predicted molar refractivity (Wildman–Crippen MR) is 63.8 cm³/mol. The van der Waals surface area contributed by atoms with Gasteiger partial charge in [-0.3, -0.25) is 4.68 Å². The van der Waals surface area contributed by atoms with Crippen LogP contribution in [0, 0.1) is 5.82 Å². The minimum Gasteiger partial charge on any atom is -0.494 e. The molecule has 3 nitrogen and oxygen atoms in total. The molecule has 90 valence electrons. The van der Waals surface area contributed by atoms with Gasteiger partial charge in [-0.15, -0.1) is 11.6 Å². The summed E-state index contributed by atoms with van der Waals surface area (Å²) in [6, 6.07) is 5.05. The molecule has 0 amide bonds. The molecule has 2 aromatic rings. The van der Waals surface area contributed by atoms with E-state index < -0.39 is 0 Å². The van der Waals surface area contributed by atoms with E-state index in [2.05, 4.69) is 5.10 Å². The van der Waals surface area contributed by atoms with Crippen LogP contribution < -0.4 is 4.74 Å². The summed E-state index contributed by atoms with van der Waals surface area (Å²) >= 11 is 5.67. The fourth-order valence-corrected chi connectivity index (χ4v) is 1.71. The first-order chi connectivity index (χ1) is 8.24. The number of nitrogens with zero attached hydrogens (tertiary/aromatic N) is 2. The van der Waals surface area contributed by atoms with Gasteiger partial charge in [0, 0.05) is 17.3 Å². The molecular formula is C12H12ClFN2O. The zero-order valence-corrected chi connectivity index (χ0v) is 10.1. The number of hydrogen-bond acceptors (Lipinski definition) is 2. The van der Waals surface area contributed by atoms with Gasteiger partial charge >= 0.3 is 0 Å². The van der Waals surface area contributed by atoms with Crippen LogP contribution in [0.4, 0.5) is 4.39 Å². The van der Waals surface area contributed by atoms with Gasteiger partial charge in [0.05, 0.1) is 25.7 Å². The highest BCUT2D eigenvalue weighted by Crippen LogP contribution is 2.20. The highest BCUT2D eigenvalue weighted by atomic mass is 35.5. The van der Waals surface area contributed by atoms with Crippen LogP contribution in [0.2, 0.25) is 0 Å². The molecule has 0 spiro atoms. The lowest BCUT2D eigenvalue weighted by atomic mass is 10.2. The number of hydrogen-bond donors (Lipinski definition) is 0. The van der Waals surface area contributed by atoms with Crippen LogP contribution in [0.25, 0.3) is 0 Å². The molecule has 0 unspecified atom stereocenters. The van der Waals surface area contributed by atoms with E-state index in [-0.39, 0.29) is 11.6 Å². The summed E-state index contributed by atoms with van der Waals surface area (Å²) in [5.41, 5.74) is 1.45. The van der Waals surface area contributed by atoms with Gasteiger partial charge in [0.1, 0.15) is 0 Å². The third kappa shape index (κ3) is 2.58. The highest BCUT2D eigenvalue weighted by Gasteiger charge is 2.09. The van der Waals surface area contributed by atoms with Crippen molar-refractivity contribution in [1.82, 2.24) is 9.78 Å². The van der Waals surface area contributed by atoms with E-state index in [0.29, 0.717) is 18.0 Å². The van der Waals surface area contributed by atoms with E-state index in [4.69, 9.17) is 16.3 Å². The standard InChI is InChI=1S/C12H12ClFN2O/c1-17-11-4-2-3-10(12(11)14)8-16-7-9(5-13)6-15-16/h2-4,6-7H,5,8H2,1H3. The van der Waals surface area contributed by atoms with E-state index >= 15 is 0 Å². The van der Waals surface area contributed by atoms with Gasteiger partial charge in [-0.05, 0) is 6.07 Å². The maximum atomic E-state index is 13.9. The zero-order chi connectivity index (χ0) is 12.3. The third-order valence-corrected chi connectivity index (χ3v) is 2.75. The van der Waals surface area contributed by atoms with Gasteiger partial charge in [0.2, 0.25) is 0 Å². The molecule has 0 saturated carbocycles. The Morgan fingerprint density at radius 3 is 2.94 bits per heavy atom. The fourth-order valence-electron chi connectivity index (χ4n) is 1.57. The van der Waals surface area contributed by atoms with Crippen LogP contribution in [0.1, 0.15) is 11.1 Å². The number of benzene rings is 1. The van der Waals surface area contributed by atoms with E-state index in [1.54, 1.807) is 35.3 Å². The van der Waals surface area contributed by atoms with Crippen LogP contribution in [-0.4, -0.2) is 16.9 Å². The molecule has 5 heteroatoms. The Labute approximate surface area is 104 Å². The number of ether oxygens (including phenoxy) is 1. The number of rotatable bonds is 4. The van der Waals surface area contributed by atoms with Crippen molar-refractivity contribution in [1.29, 1.82) is 0 Å². The molecule has 17 heavy (non-hydrogen) atoms. The largest absolute Gasteiger partial charge is 0.494 e. The molecule has 0 aliphatic rings. The third-order valence-electron chi connectivity index (χ3n) is 2.44. The summed E-state index contributed by atoms with van der Waals surface area (Å²) in [5.74, 6) is 0.297. The second-order valence-corrected chi connectivity index (χ2v) is 3.88. The fraction of sp³-hybridized carbons (Fsp3) is 0.250. The predicted octanol–water partition coefficient (Wildman–Crippen LogP) is 2.82. The van der Waals surface area contributed by atoms with Crippen molar-refractivity contribution in [2.75, 3.05) is 7.11 Å². The van der Waals surface area contributed by atoms with Gasteiger partial charge in [-0.2, -0.15) is 5.10 Å². The van der Waals surface area contributed by atoms with Crippen molar-refractivity contribution in [3.8, 4) is 5.75 Å². The van der Waals surface area contributed by atoms with Crippen LogP contribution in [0.5, 0.6) is 5.75 Å². The average Bonchev–Trinajstić information content (AvgIpc) is 2.79. The van der Waals surface area contributed by atoms with Gasteiger partial charge in [0.25, 0.3) is 0 Å². The lowest BCUT2D eigenvalue weighted by molar-refractivity contribution is 0.383. The maximum Gasteiger partial charge on any atom is 0.170 e. The second-order valence-electron chi connectivity index (χ2n) is 3.61. The molecule has 0 N–H and O–H groups in total. The van der Waals surface area contributed by atoms with E-state index in [0.717, 1.165) is 5.56 Å². The van der Waals surface area contributed by atoms with Gasteiger partial charge in [-0.25, -0.2) is 4.39 Å². The summed E-state index contributed by atoms with van der Waals surface area (Å²) in [6.45, 7) is 0.361. The summed E-state index contributed by atoms with van der Waals surface area (Å²) < 4.78 is 20.4. The molecule has 2 rings (SSSR count). The number of aromatic nitrogens is 2. The SMILES string of the molecule is COc1cccc(Cn2cc(CCl)cn2)c1F. The van der Waals surface area contributed by atoms with Crippen LogP contribution in [-0.2, 0) is 12.4 Å². The Morgan fingerprint density at radius 1 is 1.47 bits per heavy atom. The zero-order valence-electron chi connectivity index (χ0n) is 9.36. The van der Waals surface area contributed by atoms with Crippen molar-refractivity contribution in [3.63, 3.8) is 0 Å². The average molecular weight is 255 g/mol. The minimum absolute atomic E-state index is 0.243. The molecule has 1 aromatic carbocycles. The van der Waals surface area contributed by atoms with Gasteiger partial charge in [0.15, 0.2) is 11.6 Å². The van der Waals surface area contributed by atoms with Gasteiger partial charge in [-0.1, -0.05) is 12.1 Å². The molecular weight excluding hydrogens is 243 g/mol. The first-order valence-corrected chi connectivity index (χ1v) is 5.66. The Balaban J connectivity index is 2.23. The smallest absolute Gasteiger partial charge is 0.170 e. The van der Waals surface area contributed by atoms with Crippen molar-refractivity contribution in [2.24, 2.45) is 0 Å². The topological polar surface area (TPSA) is 27.1 Å². The summed E-state index contributed by atoms with van der Waals surface area (Å²) in [7, 11) is 1.45. The van der Waals surface area contributed by atoms with Crippen molar-refractivity contribution in [2.45, 2.75) is 12.4 Å². The van der Waals surface area contributed by atoms with E-state index in [1.165, 1.54) is 7.11 Å². The monoisotopic (exact) mass is 254 g/mol. The second kappa shape index (κ2) is 5.19. The van der Waals surface area contributed by atoms with Crippen molar-refractivity contribution >= 4 is 11.6 Å². The Kier molecular flexibility index (Phi) is 3.64. The van der Waals surface area contributed by atoms with E-state index in [1.807, 2.05) is 0 Å². The summed E-state index contributed by atoms with van der Waals surface area (Å²) in [5, 5.41) is 4.10. The molecule has 0 aliphatic heterocycles. The quantitative estimate of drug-likeness (QED) is 0.785.